The molecule has 0 saturated carbocycles. The fourth-order valence-electron chi connectivity index (χ4n) is 2.11. The van der Waals surface area contributed by atoms with E-state index in [2.05, 4.69) is 4.98 Å². The summed E-state index contributed by atoms with van der Waals surface area (Å²) in [6.07, 6.45) is 2.06. The van der Waals surface area contributed by atoms with Crippen molar-refractivity contribution in [2.24, 2.45) is 0 Å². The first-order chi connectivity index (χ1) is 10.0. The summed E-state index contributed by atoms with van der Waals surface area (Å²) < 4.78 is 6.18. The Kier molecular flexibility index (Phi) is 4.47. The molecule has 0 radical (unpaired) electrons. The molecule has 2 rings (SSSR count). The predicted molar refractivity (Wildman–Crippen MR) is 78.9 cm³/mol. The molecule has 2 aromatic heterocycles. The minimum absolute atomic E-state index is 0.108. The number of pyridine rings is 2. The third-order valence-electron chi connectivity index (χ3n) is 2.97. The zero-order valence-corrected chi connectivity index (χ0v) is 12.5. The Bertz CT molecular complexity index is 755. The average Bonchev–Trinajstić information content (AvgIpc) is 2.44. The summed E-state index contributed by atoms with van der Waals surface area (Å²) in [5.41, 5.74) is -0.714. The van der Waals surface area contributed by atoms with Crippen molar-refractivity contribution in [1.82, 2.24) is 9.55 Å². The van der Waals surface area contributed by atoms with Crippen molar-refractivity contribution in [2.75, 3.05) is 6.61 Å². The van der Waals surface area contributed by atoms with Crippen LogP contribution in [-0.2, 0) is 11.3 Å². The van der Waals surface area contributed by atoms with Gasteiger partial charge in [-0.25, -0.2) is 9.78 Å². The summed E-state index contributed by atoms with van der Waals surface area (Å²) in [6, 6.07) is 1.47. The normalized spacial score (nSPS) is 10.8. The highest BCUT2D eigenvalue weighted by molar-refractivity contribution is 6.31. The summed E-state index contributed by atoms with van der Waals surface area (Å²) in [6.45, 7) is 4.00. The van der Waals surface area contributed by atoms with Gasteiger partial charge in [-0.1, -0.05) is 18.5 Å². The SMILES string of the molecule is CCCn1c(=O)c(C(=O)OCC)c(O)c2cc(Cl)cnc21. The van der Waals surface area contributed by atoms with Gasteiger partial charge in [-0.2, -0.15) is 0 Å². The number of aryl methyl sites for hydroxylation is 1. The zero-order valence-electron chi connectivity index (χ0n) is 11.7. The molecule has 0 bridgehead atoms. The first-order valence-corrected chi connectivity index (χ1v) is 6.97. The van der Waals surface area contributed by atoms with Gasteiger partial charge in [0, 0.05) is 12.7 Å². The van der Waals surface area contributed by atoms with E-state index < -0.39 is 17.3 Å². The van der Waals surface area contributed by atoms with Crippen molar-refractivity contribution in [3.63, 3.8) is 0 Å². The van der Waals surface area contributed by atoms with Crippen LogP contribution in [0.15, 0.2) is 17.1 Å². The minimum atomic E-state index is -0.855. The van der Waals surface area contributed by atoms with Gasteiger partial charge in [0.25, 0.3) is 5.56 Å². The van der Waals surface area contributed by atoms with Gasteiger partial charge in [-0.3, -0.25) is 9.36 Å². The second kappa shape index (κ2) is 6.13. The minimum Gasteiger partial charge on any atom is -0.506 e. The van der Waals surface area contributed by atoms with E-state index in [1.165, 1.54) is 16.8 Å². The van der Waals surface area contributed by atoms with Crippen molar-refractivity contribution >= 4 is 28.6 Å². The maximum absolute atomic E-state index is 12.4. The van der Waals surface area contributed by atoms with Crippen LogP contribution in [-0.4, -0.2) is 27.2 Å². The standard InChI is InChI=1S/C14H15ClN2O4/c1-3-5-17-12-9(6-8(15)7-16-12)11(18)10(13(17)19)14(20)21-4-2/h6-7,18H,3-5H2,1-2H3. The van der Waals surface area contributed by atoms with E-state index in [1.54, 1.807) is 6.92 Å². The summed E-state index contributed by atoms with van der Waals surface area (Å²) in [5.74, 6) is -1.30. The molecule has 0 spiro atoms. The quantitative estimate of drug-likeness (QED) is 0.877. The van der Waals surface area contributed by atoms with Crippen LogP contribution in [0.2, 0.25) is 5.02 Å². The molecule has 0 fully saturated rings. The first kappa shape index (κ1) is 15.3. The Morgan fingerprint density at radius 2 is 2.19 bits per heavy atom. The second-order valence-corrected chi connectivity index (χ2v) is 4.86. The number of carbonyl (C=O) groups excluding carboxylic acids is 1. The zero-order chi connectivity index (χ0) is 15.6. The maximum atomic E-state index is 12.4. The third-order valence-corrected chi connectivity index (χ3v) is 3.17. The Morgan fingerprint density at radius 1 is 1.48 bits per heavy atom. The molecule has 6 nitrogen and oxygen atoms in total. The lowest BCUT2D eigenvalue weighted by atomic mass is 10.1. The summed E-state index contributed by atoms with van der Waals surface area (Å²) in [7, 11) is 0. The number of carbonyl (C=O) groups is 1. The van der Waals surface area contributed by atoms with Crippen molar-refractivity contribution in [2.45, 2.75) is 26.8 Å². The van der Waals surface area contributed by atoms with Crippen LogP contribution in [0.3, 0.4) is 0 Å². The number of fused-ring (bicyclic) bond motifs is 1. The van der Waals surface area contributed by atoms with Gasteiger partial charge in [0.15, 0.2) is 5.56 Å². The maximum Gasteiger partial charge on any atom is 0.347 e. The fraction of sp³-hybridized carbons (Fsp3) is 0.357. The molecule has 0 aliphatic rings. The number of hydrogen-bond acceptors (Lipinski definition) is 5. The van der Waals surface area contributed by atoms with Gasteiger partial charge < -0.3 is 9.84 Å². The van der Waals surface area contributed by atoms with E-state index in [0.29, 0.717) is 18.0 Å². The smallest absolute Gasteiger partial charge is 0.347 e. The highest BCUT2D eigenvalue weighted by Gasteiger charge is 2.23. The summed E-state index contributed by atoms with van der Waals surface area (Å²) >= 11 is 5.88. The van der Waals surface area contributed by atoms with E-state index in [1.807, 2.05) is 6.92 Å². The van der Waals surface area contributed by atoms with Crippen LogP contribution < -0.4 is 5.56 Å². The van der Waals surface area contributed by atoms with E-state index in [-0.39, 0.29) is 23.2 Å². The lowest BCUT2D eigenvalue weighted by molar-refractivity contribution is 0.0520. The number of aromatic hydroxyl groups is 1. The van der Waals surface area contributed by atoms with Gasteiger partial charge >= 0.3 is 5.97 Å². The molecule has 2 aromatic rings. The van der Waals surface area contributed by atoms with Crippen LogP contribution in [0.4, 0.5) is 0 Å². The number of nitrogens with zero attached hydrogens (tertiary/aromatic N) is 2. The molecule has 0 atom stereocenters. The molecule has 21 heavy (non-hydrogen) atoms. The molecular weight excluding hydrogens is 296 g/mol. The van der Waals surface area contributed by atoms with Crippen molar-refractivity contribution < 1.29 is 14.6 Å². The average molecular weight is 311 g/mol. The van der Waals surface area contributed by atoms with Gasteiger partial charge in [0.05, 0.1) is 17.0 Å². The van der Waals surface area contributed by atoms with Crippen LogP contribution >= 0.6 is 11.6 Å². The highest BCUT2D eigenvalue weighted by Crippen LogP contribution is 2.28. The largest absolute Gasteiger partial charge is 0.506 e. The third kappa shape index (κ3) is 2.71. The number of rotatable bonds is 4. The Labute approximate surface area is 125 Å². The number of hydrogen-bond donors (Lipinski definition) is 1. The molecule has 7 heteroatoms. The van der Waals surface area contributed by atoms with E-state index in [4.69, 9.17) is 16.3 Å². The summed E-state index contributed by atoms with van der Waals surface area (Å²) in [4.78, 5) is 28.4. The molecule has 1 N–H and O–H groups in total. The number of aromatic nitrogens is 2. The van der Waals surface area contributed by atoms with Crippen LogP contribution in [0.25, 0.3) is 11.0 Å². The van der Waals surface area contributed by atoms with E-state index in [0.717, 1.165) is 0 Å². The first-order valence-electron chi connectivity index (χ1n) is 6.59. The fourth-order valence-corrected chi connectivity index (χ4v) is 2.26. The van der Waals surface area contributed by atoms with Gasteiger partial charge in [-0.15, -0.1) is 0 Å². The molecule has 0 aromatic carbocycles. The van der Waals surface area contributed by atoms with Gasteiger partial charge in [-0.05, 0) is 19.4 Å². The number of esters is 1. The number of ether oxygens (including phenoxy) is 1. The molecule has 112 valence electrons. The van der Waals surface area contributed by atoms with Crippen LogP contribution in [0.5, 0.6) is 5.75 Å². The van der Waals surface area contributed by atoms with Gasteiger partial charge in [0.2, 0.25) is 0 Å². The molecule has 2 heterocycles. The van der Waals surface area contributed by atoms with Crippen LogP contribution in [0, 0.1) is 0 Å². The second-order valence-electron chi connectivity index (χ2n) is 4.43. The molecule has 0 amide bonds. The van der Waals surface area contributed by atoms with Crippen LogP contribution in [0.1, 0.15) is 30.6 Å². The molecule has 0 aliphatic heterocycles. The molecular formula is C14H15ClN2O4. The van der Waals surface area contributed by atoms with E-state index in [9.17, 15) is 14.7 Å². The lowest BCUT2D eigenvalue weighted by Crippen LogP contribution is -2.28. The van der Waals surface area contributed by atoms with Crippen molar-refractivity contribution in [1.29, 1.82) is 0 Å². The Morgan fingerprint density at radius 3 is 2.81 bits per heavy atom. The topological polar surface area (TPSA) is 81.4 Å². The van der Waals surface area contributed by atoms with Gasteiger partial charge in [0.1, 0.15) is 11.4 Å². The van der Waals surface area contributed by atoms with E-state index >= 15 is 0 Å². The molecule has 0 saturated heterocycles. The lowest BCUT2D eigenvalue weighted by Gasteiger charge is -2.13. The molecule has 0 unspecified atom stereocenters. The van der Waals surface area contributed by atoms with Crippen molar-refractivity contribution in [3.05, 3.63) is 33.2 Å². The van der Waals surface area contributed by atoms with Crippen molar-refractivity contribution in [3.8, 4) is 5.75 Å². The predicted octanol–water partition coefficient (Wildman–Crippen LogP) is 2.34. The molecule has 0 aliphatic carbocycles. The monoisotopic (exact) mass is 310 g/mol. The highest BCUT2D eigenvalue weighted by atomic mass is 35.5. The summed E-state index contributed by atoms with van der Waals surface area (Å²) in [5, 5.41) is 10.8. The Balaban J connectivity index is 2.86. The number of halogens is 1. The Hall–Kier alpha value is -2.08.